The Morgan fingerprint density at radius 3 is 2.89 bits per heavy atom. The maximum absolute atomic E-state index is 6.29. The topological polar surface area (TPSA) is 37.8 Å². The molecule has 1 saturated carbocycles. The molecule has 1 aliphatic rings. The molecular formula is C13H16ClN3S. The van der Waals surface area contributed by atoms with Gasteiger partial charge in [0.05, 0.1) is 22.4 Å². The highest BCUT2D eigenvalue weighted by Crippen LogP contribution is 2.34. The van der Waals surface area contributed by atoms with Crippen LogP contribution >= 0.6 is 23.3 Å². The first-order valence-corrected chi connectivity index (χ1v) is 7.54. The number of anilines is 1. The molecule has 18 heavy (non-hydrogen) atoms. The lowest BCUT2D eigenvalue weighted by atomic mass is 9.99. The number of hydrogen-bond donors (Lipinski definition) is 1. The van der Waals surface area contributed by atoms with Gasteiger partial charge in [-0.15, -0.1) is 0 Å². The molecule has 1 aromatic carbocycles. The first-order valence-electron chi connectivity index (χ1n) is 6.43. The van der Waals surface area contributed by atoms with E-state index in [9.17, 15) is 0 Å². The molecule has 1 aliphatic carbocycles. The summed E-state index contributed by atoms with van der Waals surface area (Å²) in [5, 5.41) is 4.29. The van der Waals surface area contributed by atoms with E-state index >= 15 is 0 Å². The lowest BCUT2D eigenvalue weighted by Crippen LogP contribution is -2.24. The van der Waals surface area contributed by atoms with E-state index in [0.717, 1.165) is 27.7 Å². The monoisotopic (exact) mass is 281 g/mol. The molecule has 5 heteroatoms. The van der Waals surface area contributed by atoms with E-state index in [0.29, 0.717) is 6.04 Å². The summed E-state index contributed by atoms with van der Waals surface area (Å²) in [6.45, 7) is 2.24. The van der Waals surface area contributed by atoms with E-state index in [4.69, 9.17) is 11.6 Å². The Balaban J connectivity index is 1.88. The molecule has 1 heterocycles. The molecule has 0 amide bonds. The molecule has 1 atom stereocenters. The Labute approximate surface area is 116 Å². The van der Waals surface area contributed by atoms with Gasteiger partial charge >= 0.3 is 0 Å². The van der Waals surface area contributed by atoms with Crippen molar-refractivity contribution in [2.24, 2.45) is 5.92 Å². The van der Waals surface area contributed by atoms with Gasteiger partial charge in [-0.2, -0.15) is 8.75 Å². The molecule has 2 aromatic rings. The quantitative estimate of drug-likeness (QED) is 0.910. The van der Waals surface area contributed by atoms with E-state index in [1.807, 2.05) is 12.1 Å². The summed E-state index contributed by atoms with van der Waals surface area (Å²) in [4.78, 5) is 0. The van der Waals surface area contributed by atoms with Crippen molar-refractivity contribution in [3.8, 4) is 0 Å². The third-order valence-corrected chi connectivity index (χ3v) is 4.71. The molecule has 1 fully saturated rings. The van der Waals surface area contributed by atoms with Crippen LogP contribution in [0.15, 0.2) is 12.1 Å². The number of nitrogens with zero attached hydrogens (tertiary/aromatic N) is 2. The fourth-order valence-corrected chi connectivity index (χ4v) is 3.52. The predicted molar refractivity (Wildman–Crippen MR) is 77.5 cm³/mol. The van der Waals surface area contributed by atoms with Crippen molar-refractivity contribution in [1.29, 1.82) is 0 Å². The third-order valence-electron chi connectivity index (χ3n) is 3.86. The number of benzene rings is 1. The van der Waals surface area contributed by atoms with Crippen molar-refractivity contribution >= 4 is 40.0 Å². The van der Waals surface area contributed by atoms with Crippen LogP contribution in [0.3, 0.4) is 0 Å². The molecule has 0 spiro atoms. The summed E-state index contributed by atoms with van der Waals surface area (Å²) >= 11 is 7.52. The van der Waals surface area contributed by atoms with Crippen molar-refractivity contribution in [2.45, 2.75) is 38.6 Å². The summed E-state index contributed by atoms with van der Waals surface area (Å²) in [5.74, 6) is 0.753. The maximum atomic E-state index is 6.29. The lowest BCUT2D eigenvalue weighted by molar-refractivity contribution is 0.482. The van der Waals surface area contributed by atoms with Gasteiger partial charge in [0, 0.05) is 6.04 Å². The molecule has 0 bridgehead atoms. The Morgan fingerprint density at radius 1 is 1.33 bits per heavy atom. The second kappa shape index (κ2) is 5.02. The Morgan fingerprint density at radius 2 is 2.11 bits per heavy atom. The van der Waals surface area contributed by atoms with Gasteiger partial charge in [-0.05, 0) is 37.8 Å². The van der Waals surface area contributed by atoms with Crippen LogP contribution in [0.5, 0.6) is 0 Å². The van der Waals surface area contributed by atoms with Crippen LogP contribution < -0.4 is 5.32 Å². The van der Waals surface area contributed by atoms with Crippen LogP contribution in [-0.4, -0.2) is 14.8 Å². The summed E-state index contributed by atoms with van der Waals surface area (Å²) in [7, 11) is 0. The molecule has 0 radical (unpaired) electrons. The summed E-state index contributed by atoms with van der Waals surface area (Å²) < 4.78 is 8.60. The normalized spacial score (nSPS) is 18.3. The summed E-state index contributed by atoms with van der Waals surface area (Å²) in [5.41, 5.74) is 2.77. The first-order chi connectivity index (χ1) is 8.75. The standard InChI is InChI=1S/C13H16ClN3S/c1-8(9-4-2-3-5-9)15-12-10(14)6-7-11-13(12)17-18-16-11/h6-9,15H,2-5H2,1H3. The largest absolute Gasteiger partial charge is 0.379 e. The van der Waals surface area contributed by atoms with Gasteiger partial charge in [0.25, 0.3) is 0 Å². The van der Waals surface area contributed by atoms with E-state index in [-0.39, 0.29) is 0 Å². The van der Waals surface area contributed by atoms with Gasteiger partial charge in [-0.3, -0.25) is 0 Å². The van der Waals surface area contributed by atoms with Gasteiger partial charge in [-0.1, -0.05) is 24.4 Å². The van der Waals surface area contributed by atoms with Crippen LogP contribution in [-0.2, 0) is 0 Å². The van der Waals surface area contributed by atoms with Crippen molar-refractivity contribution in [3.63, 3.8) is 0 Å². The van der Waals surface area contributed by atoms with Gasteiger partial charge in [-0.25, -0.2) is 0 Å². The minimum atomic E-state index is 0.442. The third kappa shape index (κ3) is 2.19. The Kier molecular flexibility index (Phi) is 3.39. The zero-order chi connectivity index (χ0) is 12.5. The van der Waals surface area contributed by atoms with Crippen LogP contribution in [0, 0.1) is 5.92 Å². The van der Waals surface area contributed by atoms with E-state index in [2.05, 4.69) is 21.0 Å². The smallest absolute Gasteiger partial charge is 0.129 e. The predicted octanol–water partition coefficient (Wildman–Crippen LogP) is 4.34. The highest BCUT2D eigenvalue weighted by Gasteiger charge is 2.23. The summed E-state index contributed by atoms with van der Waals surface area (Å²) in [6, 6.07) is 4.26. The van der Waals surface area contributed by atoms with Crippen molar-refractivity contribution < 1.29 is 0 Å². The average Bonchev–Trinajstić information content (AvgIpc) is 3.02. The van der Waals surface area contributed by atoms with Crippen LogP contribution in [0.2, 0.25) is 5.02 Å². The molecule has 1 unspecified atom stereocenters. The maximum Gasteiger partial charge on any atom is 0.129 e. The van der Waals surface area contributed by atoms with E-state index in [1.165, 1.54) is 37.4 Å². The van der Waals surface area contributed by atoms with Crippen molar-refractivity contribution in [1.82, 2.24) is 8.75 Å². The SMILES string of the molecule is CC(Nc1c(Cl)ccc2nsnc12)C1CCCC1. The van der Waals surface area contributed by atoms with Gasteiger partial charge in [0.15, 0.2) is 0 Å². The second-order valence-corrected chi connectivity index (χ2v) is 5.97. The van der Waals surface area contributed by atoms with Crippen LogP contribution in [0.25, 0.3) is 11.0 Å². The highest BCUT2D eigenvalue weighted by atomic mass is 35.5. The molecule has 0 aliphatic heterocycles. The fraction of sp³-hybridized carbons (Fsp3) is 0.538. The molecule has 0 saturated heterocycles. The van der Waals surface area contributed by atoms with E-state index in [1.54, 1.807) is 0 Å². The van der Waals surface area contributed by atoms with Crippen LogP contribution in [0.1, 0.15) is 32.6 Å². The van der Waals surface area contributed by atoms with Gasteiger partial charge in [0.1, 0.15) is 11.0 Å². The number of nitrogens with one attached hydrogen (secondary N) is 1. The average molecular weight is 282 g/mol. The van der Waals surface area contributed by atoms with Crippen molar-refractivity contribution in [3.05, 3.63) is 17.2 Å². The molecular weight excluding hydrogens is 266 g/mol. The van der Waals surface area contributed by atoms with Gasteiger partial charge in [0.2, 0.25) is 0 Å². The van der Waals surface area contributed by atoms with Crippen LogP contribution in [0.4, 0.5) is 5.69 Å². The van der Waals surface area contributed by atoms with E-state index < -0.39 is 0 Å². The number of rotatable bonds is 3. The lowest BCUT2D eigenvalue weighted by Gasteiger charge is -2.22. The number of hydrogen-bond acceptors (Lipinski definition) is 4. The molecule has 96 valence electrons. The Hall–Kier alpha value is -0.870. The molecule has 3 nitrogen and oxygen atoms in total. The minimum absolute atomic E-state index is 0.442. The number of fused-ring (bicyclic) bond motifs is 1. The number of aromatic nitrogens is 2. The van der Waals surface area contributed by atoms with Gasteiger partial charge < -0.3 is 5.32 Å². The summed E-state index contributed by atoms with van der Waals surface area (Å²) in [6.07, 6.45) is 5.34. The minimum Gasteiger partial charge on any atom is -0.379 e. The molecule has 1 N–H and O–H groups in total. The molecule has 3 rings (SSSR count). The zero-order valence-corrected chi connectivity index (χ0v) is 11.9. The highest BCUT2D eigenvalue weighted by molar-refractivity contribution is 7.00. The first kappa shape index (κ1) is 12.2. The Bertz CT molecular complexity index is 548. The zero-order valence-electron chi connectivity index (χ0n) is 10.3. The number of halogens is 1. The molecule has 1 aromatic heterocycles. The second-order valence-electron chi connectivity index (χ2n) is 5.03. The van der Waals surface area contributed by atoms with Crippen molar-refractivity contribution in [2.75, 3.05) is 5.32 Å². The fourth-order valence-electron chi connectivity index (χ4n) is 2.77.